The predicted molar refractivity (Wildman–Crippen MR) is 79.6 cm³/mol. The highest BCUT2D eigenvalue weighted by molar-refractivity contribution is 5.88. The molecule has 0 unspecified atom stereocenters. The molecule has 0 aliphatic heterocycles. The van der Waals surface area contributed by atoms with Crippen LogP contribution in [0, 0.1) is 6.92 Å². The van der Waals surface area contributed by atoms with Crippen LogP contribution >= 0.6 is 0 Å². The zero-order chi connectivity index (χ0) is 13.9. The average Bonchev–Trinajstić information content (AvgIpc) is 2.84. The van der Waals surface area contributed by atoms with Crippen LogP contribution in [0.1, 0.15) is 12.5 Å². The summed E-state index contributed by atoms with van der Waals surface area (Å²) in [6.07, 6.45) is 5.50. The molecule has 0 aliphatic rings. The molecule has 2 heterocycles. The van der Waals surface area contributed by atoms with Crippen LogP contribution in [-0.4, -0.2) is 25.8 Å². The van der Waals surface area contributed by atoms with Crippen molar-refractivity contribution in [2.45, 2.75) is 26.4 Å². The SMILES string of the molecule is Cc1cnn(C[C@@H](C)Nc2ncnc3ccccc23)c1. The van der Waals surface area contributed by atoms with Gasteiger partial charge in [-0.25, -0.2) is 9.97 Å². The molecule has 2 aromatic heterocycles. The van der Waals surface area contributed by atoms with Gasteiger partial charge in [0.2, 0.25) is 0 Å². The van der Waals surface area contributed by atoms with Crippen LogP contribution in [0.5, 0.6) is 0 Å². The van der Waals surface area contributed by atoms with E-state index in [1.807, 2.05) is 48.3 Å². The van der Waals surface area contributed by atoms with Gasteiger partial charge in [0.25, 0.3) is 0 Å². The lowest BCUT2D eigenvalue weighted by molar-refractivity contribution is 0.560. The third-order valence-corrected chi connectivity index (χ3v) is 3.15. The Labute approximate surface area is 117 Å². The van der Waals surface area contributed by atoms with Crippen LogP contribution in [0.2, 0.25) is 0 Å². The van der Waals surface area contributed by atoms with Crippen molar-refractivity contribution in [3.8, 4) is 0 Å². The largest absolute Gasteiger partial charge is 0.365 e. The summed E-state index contributed by atoms with van der Waals surface area (Å²) < 4.78 is 1.94. The number of benzene rings is 1. The smallest absolute Gasteiger partial charge is 0.137 e. The van der Waals surface area contributed by atoms with Crippen molar-refractivity contribution in [2.75, 3.05) is 5.32 Å². The van der Waals surface area contributed by atoms with Gasteiger partial charge in [0.1, 0.15) is 12.1 Å². The van der Waals surface area contributed by atoms with Crippen LogP contribution in [0.3, 0.4) is 0 Å². The molecule has 0 fully saturated rings. The zero-order valence-corrected chi connectivity index (χ0v) is 11.6. The summed E-state index contributed by atoms with van der Waals surface area (Å²) >= 11 is 0. The van der Waals surface area contributed by atoms with Gasteiger partial charge in [0, 0.05) is 17.6 Å². The molecule has 0 radical (unpaired) electrons. The van der Waals surface area contributed by atoms with Gasteiger partial charge in [-0.15, -0.1) is 0 Å². The summed E-state index contributed by atoms with van der Waals surface area (Å²) in [7, 11) is 0. The molecule has 20 heavy (non-hydrogen) atoms. The monoisotopic (exact) mass is 267 g/mol. The molecule has 0 spiro atoms. The fraction of sp³-hybridized carbons (Fsp3) is 0.267. The maximum atomic E-state index is 4.34. The van der Waals surface area contributed by atoms with E-state index in [0.29, 0.717) is 0 Å². The Morgan fingerprint density at radius 2 is 2.10 bits per heavy atom. The lowest BCUT2D eigenvalue weighted by Gasteiger charge is -2.15. The molecule has 0 saturated heterocycles. The lowest BCUT2D eigenvalue weighted by atomic mass is 10.2. The molecule has 0 bridgehead atoms. The second kappa shape index (κ2) is 5.28. The van der Waals surface area contributed by atoms with E-state index in [1.54, 1.807) is 6.33 Å². The molecule has 1 N–H and O–H groups in total. The van der Waals surface area contributed by atoms with Gasteiger partial charge in [0.05, 0.1) is 18.3 Å². The number of hydrogen-bond acceptors (Lipinski definition) is 4. The number of aryl methyl sites for hydroxylation is 1. The van der Waals surface area contributed by atoms with E-state index in [-0.39, 0.29) is 6.04 Å². The number of anilines is 1. The van der Waals surface area contributed by atoms with E-state index in [1.165, 1.54) is 5.56 Å². The van der Waals surface area contributed by atoms with Gasteiger partial charge >= 0.3 is 0 Å². The highest BCUT2D eigenvalue weighted by Crippen LogP contribution is 2.19. The topological polar surface area (TPSA) is 55.6 Å². The van der Waals surface area contributed by atoms with Gasteiger partial charge in [-0.05, 0) is 31.5 Å². The molecule has 3 rings (SSSR count). The number of nitrogens with one attached hydrogen (secondary N) is 1. The Morgan fingerprint density at radius 3 is 2.90 bits per heavy atom. The van der Waals surface area contributed by atoms with E-state index >= 15 is 0 Å². The van der Waals surface area contributed by atoms with Crippen molar-refractivity contribution in [3.05, 3.63) is 48.5 Å². The number of fused-ring (bicyclic) bond motifs is 1. The standard InChI is InChI=1S/C15H17N5/c1-11-7-18-20(8-11)9-12(2)19-15-13-5-3-4-6-14(13)16-10-17-15/h3-8,10,12H,9H2,1-2H3,(H,16,17,19)/t12-/m1/s1. The van der Waals surface area contributed by atoms with Crippen molar-refractivity contribution in [3.63, 3.8) is 0 Å². The van der Waals surface area contributed by atoms with Gasteiger partial charge in [-0.3, -0.25) is 4.68 Å². The van der Waals surface area contributed by atoms with Gasteiger partial charge in [0.15, 0.2) is 0 Å². The van der Waals surface area contributed by atoms with Gasteiger partial charge in [-0.2, -0.15) is 5.10 Å². The van der Waals surface area contributed by atoms with Crippen LogP contribution in [0.15, 0.2) is 43.0 Å². The number of rotatable bonds is 4. The molecule has 1 aromatic carbocycles. The molecule has 3 aromatic rings. The van der Waals surface area contributed by atoms with E-state index < -0.39 is 0 Å². The molecule has 0 saturated carbocycles. The fourth-order valence-electron chi connectivity index (χ4n) is 2.25. The first-order chi connectivity index (χ1) is 9.72. The van der Waals surface area contributed by atoms with E-state index in [4.69, 9.17) is 0 Å². The lowest BCUT2D eigenvalue weighted by Crippen LogP contribution is -2.23. The van der Waals surface area contributed by atoms with Crippen LogP contribution in [-0.2, 0) is 6.54 Å². The van der Waals surface area contributed by atoms with Crippen molar-refractivity contribution in [1.82, 2.24) is 19.7 Å². The van der Waals surface area contributed by atoms with Crippen LogP contribution in [0.4, 0.5) is 5.82 Å². The first-order valence-electron chi connectivity index (χ1n) is 6.68. The van der Waals surface area contributed by atoms with Crippen LogP contribution in [0.25, 0.3) is 10.9 Å². The molecule has 0 aliphatic carbocycles. The minimum Gasteiger partial charge on any atom is -0.365 e. The minimum atomic E-state index is 0.229. The van der Waals surface area contributed by atoms with E-state index in [2.05, 4.69) is 27.3 Å². The summed E-state index contributed by atoms with van der Waals surface area (Å²) in [5, 5.41) is 8.77. The Morgan fingerprint density at radius 1 is 1.25 bits per heavy atom. The van der Waals surface area contributed by atoms with Crippen molar-refractivity contribution in [2.24, 2.45) is 0 Å². The third-order valence-electron chi connectivity index (χ3n) is 3.15. The maximum absolute atomic E-state index is 4.34. The molecule has 1 atom stereocenters. The van der Waals surface area contributed by atoms with E-state index in [0.717, 1.165) is 23.3 Å². The Balaban J connectivity index is 1.79. The molecule has 102 valence electrons. The van der Waals surface area contributed by atoms with Crippen molar-refractivity contribution >= 4 is 16.7 Å². The first kappa shape index (κ1) is 12.6. The Hall–Kier alpha value is -2.43. The normalized spacial score (nSPS) is 12.5. The zero-order valence-electron chi connectivity index (χ0n) is 11.6. The summed E-state index contributed by atoms with van der Waals surface area (Å²) in [5.41, 5.74) is 2.12. The van der Waals surface area contributed by atoms with Crippen molar-refractivity contribution < 1.29 is 0 Å². The quantitative estimate of drug-likeness (QED) is 0.789. The second-order valence-corrected chi connectivity index (χ2v) is 5.02. The Bertz CT molecular complexity index is 714. The highest BCUT2D eigenvalue weighted by atomic mass is 15.3. The molecule has 5 nitrogen and oxygen atoms in total. The van der Waals surface area contributed by atoms with E-state index in [9.17, 15) is 0 Å². The highest BCUT2D eigenvalue weighted by Gasteiger charge is 2.08. The van der Waals surface area contributed by atoms with Gasteiger partial charge in [-0.1, -0.05) is 12.1 Å². The Kier molecular flexibility index (Phi) is 3.33. The molecule has 5 heteroatoms. The average molecular weight is 267 g/mol. The number of hydrogen-bond donors (Lipinski definition) is 1. The maximum Gasteiger partial charge on any atom is 0.137 e. The minimum absolute atomic E-state index is 0.229. The van der Waals surface area contributed by atoms with Crippen LogP contribution < -0.4 is 5.32 Å². The molecule has 0 amide bonds. The summed E-state index contributed by atoms with van der Waals surface area (Å²) in [5.74, 6) is 0.868. The fourth-order valence-corrected chi connectivity index (χ4v) is 2.25. The number of aromatic nitrogens is 4. The molecular formula is C15H17N5. The number of nitrogens with zero attached hydrogens (tertiary/aromatic N) is 4. The summed E-state index contributed by atoms with van der Waals surface area (Å²) in [6.45, 7) is 4.96. The summed E-state index contributed by atoms with van der Waals surface area (Å²) in [4.78, 5) is 8.61. The third kappa shape index (κ3) is 2.61. The summed E-state index contributed by atoms with van der Waals surface area (Å²) in [6, 6.07) is 8.23. The second-order valence-electron chi connectivity index (χ2n) is 5.02. The number of para-hydroxylation sites is 1. The molecular weight excluding hydrogens is 250 g/mol. The van der Waals surface area contributed by atoms with Gasteiger partial charge < -0.3 is 5.32 Å². The van der Waals surface area contributed by atoms with Crippen molar-refractivity contribution in [1.29, 1.82) is 0 Å². The predicted octanol–water partition coefficient (Wildman–Crippen LogP) is 2.64. The first-order valence-corrected chi connectivity index (χ1v) is 6.68.